The number of rotatable bonds is 5. The summed E-state index contributed by atoms with van der Waals surface area (Å²) in [5.74, 6) is 0.751. The summed E-state index contributed by atoms with van der Waals surface area (Å²) in [6.07, 6.45) is 3.79. The molecule has 3 nitrogen and oxygen atoms in total. The van der Waals surface area contributed by atoms with E-state index in [4.69, 9.17) is 17.3 Å². The molecule has 72 valence electrons. The number of halogens is 1. The van der Waals surface area contributed by atoms with Crippen molar-refractivity contribution in [2.45, 2.75) is 12.8 Å². The van der Waals surface area contributed by atoms with Crippen molar-refractivity contribution in [1.82, 2.24) is 4.98 Å². The van der Waals surface area contributed by atoms with Gasteiger partial charge in [0.25, 0.3) is 0 Å². The third-order valence-electron chi connectivity index (χ3n) is 1.68. The highest BCUT2D eigenvalue weighted by molar-refractivity contribution is 6.32. The summed E-state index contributed by atoms with van der Waals surface area (Å²) in [5, 5.41) is 3.81. The van der Waals surface area contributed by atoms with Crippen molar-refractivity contribution in [2.24, 2.45) is 5.73 Å². The van der Waals surface area contributed by atoms with E-state index >= 15 is 0 Å². The van der Waals surface area contributed by atoms with Crippen LogP contribution in [0.2, 0.25) is 5.02 Å². The lowest BCUT2D eigenvalue weighted by atomic mass is 10.3. The van der Waals surface area contributed by atoms with Gasteiger partial charge < -0.3 is 11.1 Å². The minimum atomic E-state index is 0.662. The van der Waals surface area contributed by atoms with Gasteiger partial charge in [-0.15, -0.1) is 0 Å². The Bertz CT molecular complexity index is 252. The summed E-state index contributed by atoms with van der Waals surface area (Å²) < 4.78 is 0. The molecule has 0 bridgehead atoms. The zero-order valence-corrected chi connectivity index (χ0v) is 8.22. The fourth-order valence-electron chi connectivity index (χ4n) is 0.992. The molecule has 0 aliphatic rings. The maximum Gasteiger partial charge on any atom is 0.144 e. The van der Waals surface area contributed by atoms with Crippen molar-refractivity contribution in [3.8, 4) is 0 Å². The molecule has 0 saturated carbocycles. The quantitative estimate of drug-likeness (QED) is 0.713. The van der Waals surface area contributed by atoms with E-state index in [1.165, 1.54) is 0 Å². The highest BCUT2D eigenvalue weighted by atomic mass is 35.5. The Hall–Kier alpha value is -0.800. The van der Waals surface area contributed by atoms with Gasteiger partial charge in [0, 0.05) is 12.7 Å². The second-order valence-electron chi connectivity index (χ2n) is 2.76. The van der Waals surface area contributed by atoms with E-state index in [9.17, 15) is 0 Å². The number of nitrogens with zero attached hydrogens (tertiary/aromatic N) is 1. The minimum absolute atomic E-state index is 0.662. The Kier molecular flexibility index (Phi) is 4.57. The van der Waals surface area contributed by atoms with Gasteiger partial charge in [-0.1, -0.05) is 11.6 Å². The van der Waals surface area contributed by atoms with Crippen molar-refractivity contribution < 1.29 is 0 Å². The third kappa shape index (κ3) is 3.61. The van der Waals surface area contributed by atoms with E-state index in [1.807, 2.05) is 12.1 Å². The van der Waals surface area contributed by atoms with E-state index < -0.39 is 0 Å². The molecule has 3 N–H and O–H groups in total. The van der Waals surface area contributed by atoms with Gasteiger partial charge in [0.1, 0.15) is 5.82 Å². The zero-order valence-electron chi connectivity index (χ0n) is 7.46. The van der Waals surface area contributed by atoms with Crippen LogP contribution in [0, 0.1) is 0 Å². The van der Waals surface area contributed by atoms with Crippen molar-refractivity contribution in [1.29, 1.82) is 0 Å². The van der Waals surface area contributed by atoms with Gasteiger partial charge in [0.15, 0.2) is 0 Å². The number of aromatic nitrogens is 1. The standard InChI is InChI=1S/C9H14ClN3/c10-8-4-3-7-13-9(8)12-6-2-1-5-11/h3-4,7H,1-2,5-6,11H2,(H,12,13). The minimum Gasteiger partial charge on any atom is -0.369 e. The normalized spacial score (nSPS) is 10.0. The molecular weight excluding hydrogens is 186 g/mol. The van der Waals surface area contributed by atoms with Crippen LogP contribution in [-0.4, -0.2) is 18.1 Å². The molecule has 4 heteroatoms. The lowest BCUT2D eigenvalue weighted by Gasteiger charge is -2.05. The Morgan fingerprint density at radius 3 is 3.00 bits per heavy atom. The smallest absolute Gasteiger partial charge is 0.144 e. The molecule has 1 aromatic rings. The molecule has 0 aliphatic heterocycles. The van der Waals surface area contributed by atoms with E-state index in [1.54, 1.807) is 6.20 Å². The Morgan fingerprint density at radius 1 is 1.46 bits per heavy atom. The average Bonchev–Trinajstić information content (AvgIpc) is 2.15. The number of pyridine rings is 1. The summed E-state index contributed by atoms with van der Waals surface area (Å²) in [6.45, 7) is 1.60. The van der Waals surface area contributed by atoms with Crippen LogP contribution in [0.1, 0.15) is 12.8 Å². The molecule has 0 saturated heterocycles. The summed E-state index contributed by atoms with van der Waals surface area (Å²) in [7, 11) is 0. The average molecular weight is 200 g/mol. The Morgan fingerprint density at radius 2 is 2.31 bits per heavy atom. The van der Waals surface area contributed by atoms with Crippen molar-refractivity contribution in [3.05, 3.63) is 23.4 Å². The van der Waals surface area contributed by atoms with E-state index in [0.717, 1.165) is 31.7 Å². The summed E-state index contributed by atoms with van der Waals surface area (Å²) in [5.41, 5.74) is 5.37. The molecule has 1 rings (SSSR count). The van der Waals surface area contributed by atoms with Gasteiger partial charge in [-0.3, -0.25) is 0 Å². The first-order valence-corrected chi connectivity index (χ1v) is 4.77. The van der Waals surface area contributed by atoms with E-state index in [0.29, 0.717) is 5.02 Å². The van der Waals surface area contributed by atoms with E-state index in [-0.39, 0.29) is 0 Å². The van der Waals surface area contributed by atoms with Gasteiger partial charge in [-0.25, -0.2) is 4.98 Å². The van der Waals surface area contributed by atoms with Crippen LogP contribution in [0.4, 0.5) is 5.82 Å². The zero-order chi connectivity index (χ0) is 9.52. The molecule has 0 aliphatic carbocycles. The third-order valence-corrected chi connectivity index (χ3v) is 1.99. The fourth-order valence-corrected chi connectivity index (χ4v) is 1.18. The van der Waals surface area contributed by atoms with Gasteiger partial charge in [0.05, 0.1) is 5.02 Å². The predicted octanol–water partition coefficient (Wildman–Crippen LogP) is 1.89. The molecule has 1 heterocycles. The molecule has 0 unspecified atom stereocenters. The topological polar surface area (TPSA) is 50.9 Å². The monoisotopic (exact) mass is 199 g/mol. The summed E-state index contributed by atoms with van der Waals surface area (Å²) in [6, 6.07) is 3.63. The number of anilines is 1. The first-order chi connectivity index (χ1) is 6.34. The maximum atomic E-state index is 5.89. The molecule has 1 aromatic heterocycles. The van der Waals surface area contributed by atoms with Gasteiger partial charge in [-0.2, -0.15) is 0 Å². The molecule has 13 heavy (non-hydrogen) atoms. The molecule has 0 amide bonds. The first kappa shape index (κ1) is 10.3. The number of hydrogen-bond donors (Lipinski definition) is 2. The summed E-state index contributed by atoms with van der Waals surface area (Å²) in [4.78, 5) is 4.10. The van der Waals surface area contributed by atoms with Crippen LogP contribution < -0.4 is 11.1 Å². The van der Waals surface area contributed by atoms with E-state index in [2.05, 4.69) is 10.3 Å². The fraction of sp³-hybridized carbons (Fsp3) is 0.444. The number of nitrogens with one attached hydrogen (secondary N) is 1. The molecular formula is C9H14ClN3. The highest BCUT2D eigenvalue weighted by Gasteiger charge is 1.97. The number of nitrogens with two attached hydrogens (primary N) is 1. The maximum absolute atomic E-state index is 5.89. The SMILES string of the molecule is NCCCCNc1ncccc1Cl. The lowest BCUT2D eigenvalue weighted by molar-refractivity contribution is 0.772. The van der Waals surface area contributed by atoms with Crippen molar-refractivity contribution >= 4 is 17.4 Å². The van der Waals surface area contributed by atoms with Gasteiger partial charge in [-0.05, 0) is 31.5 Å². The van der Waals surface area contributed by atoms with Crippen LogP contribution in [0.5, 0.6) is 0 Å². The van der Waals surface area contributed by atoms with Crippen LogP contribution in [0.15, 0.2) is 18.3 Å². The Balaban J connectivity index is 2.32. The molecule has 0 spiro atoms. The number of unbranched alkanes of at least 4 members (excludes halogenated alkanes) is 1. The number of hydrogen-bond acceptors (Lipinski definition) is 3. The molecule has 0 atom stereocenters. The second-order valence-corrected chi connectivity index (χ2v) is 3.16. The first-order valence-electron chi connectivity index (χ1n) is 4.39. The largest absolute Gasteiger partial charge is 0.369 e. The molecule has 0 fully saturated rings. The van der Waals surface area contributed by atoms with Gasteiger partial charge in [0.2, 0.25) is 0 Å². The summed E-state index contributed by atoms with van der Waals surface area (Å²) >= 11 is 5.89. The molecule has 0 radical (unpaired) electrons. The van der Waals surface area contributed by atoms with Crippen molar-refractivity contribution in [2.75, 3.05) is 18.4 Å². The van der Waals surface area contributed by atoms with Crippen molar-refractivity contribution in [3.63, 3.8) is 0 Å². The second kappa shape index (κ2) is 5.78. The molecule has 0 aromatic carbocycles. The highest BCUT2D eigenvalue weighted by Crippen LogP contribution is 2.16. The lowest BCUT2D eigenvalue weighted by Crippen LogP contribution is -2.06. The van der Waals surface area contributed by atoms with Crippen LogP contribution in [-0.2, 0) is 0 Å². The Labute approximate surface area is 83.3 Å². The van der Waals surface area contributed by atoms with Gasteiger partial charge >= 0.3 is 0 Å². The van der Waals surface area contributed by atoms with Crippen LogP contribution in [0.3, 0.4) is 0 Å². The predicted molar refractivity (Wildman–Crippen MR) is 56.0 cm³/mol. The van der Waals surface area contributed by atoms with Crippen LogP contribution in [0.25, 0.3) is 0 Å². The van der Waals surface area contributed by atoms with Crippen LogP contribution >= 0.6 is 11.6 Å².